The van der Waals surface area contributed by atoms with Gasteiger partial charge in [-0.05, 0) is 6.54 Å². The predicted molar refractivity (Wildman–Crippen MR) is 65.8 cm³/mol. The first-order chi connectivity index (χ1) is 8.22. The van der Waals surface area contributed by atoms with E-state index in [1.807, 2.05) is 12.1 Å². The lowest BCUT2D eigenvalue weighted by molar-refractivity contribution is -0.385. The molecule has 0 atom stereocenters. The van der Waals surface area contributed by atoms with Crippen LogP contribution in [0.3, 0.4) is 0 Å². The van der Waals surface area contributed by atoms with Crippen molar-refractivity contribution in [3.8, 4) is 0 Å². The van der Waals surface area contributed by atoms with Crippen molar-refractivity contribution >= 4 is 5.69 Å². The highest BCUT2D eigenvalue weighted by molar-refractivity contribution is 5.39. The molecular weight excluding hydrogens is 218 g/mol. The van der Waals surface area contributed by atoms with Crippen LogP contribution in [0.2, 0.25) is 0 Å². The Balaban J connectivity index is 2.13. The molecular formula is C12H17N3O2. The molecule has 0 bridgehead atoms. The van der Waals surface area contributed by atoms with Crippen LogP contribution in [0.25, 0.3) is 0 Å². The van der Waals surface area contributed by atoms with Gasteiger partial charge in [0.1, 0.15) is 0 Å². The first kappa shape index (κ1) is 12.0. The maximum Gasteiger partial charge on any atom is 0.273 e. The van der Waals surface area contributed by atoms with Crippen molar-refractivity contribution in [2.45, 2.75) is 19.5 Å². The smallest absolute Gasteiger partial charge is 0.273 e. The zero-order valence-electron chi connectivity index (χ0n) is 9.93. The zero-order chi connectivity index (χ0) is 12.3. The molecule has 0 radical (unpaired) electrons. The molecule has 5 heteroatoms. The lowest BCUT2D eigenvalue weighted by atomic mass is 10.1. The van der Waals surface area contributed by atoms with Crippen LogP contribution in [0.5, 0.6) is 0 Å². The third kappa shape index (κ3) is 2.62. The number of rotatable bonds is 5. The normalized spacial score (nSPS) is 15.9. The fraction of sp³-hybridized carbons (Fsp3) is 0.500. The maximum atomic E-state index is 10.9. The van der Waals surface area contributed by atoms with Gasteiger partial charge < -0.3 is 5.32 Å². The lowest BCUT2D eigenvalue weighted by Crippen LogP contribution is -2.56. The fourth-order valence-electron chi connectivity index (χ4n) is 2.07. The molecule has 2 rings (SSSR count). The van der Waals surface area contributed by atoms with Crippen LogP contribution < -0.4 is 5.32 Å². The van der Waals surface area contributed by atoms with Crippen molar-refractivity contribution in [3.05, 3.63) is 39.9 Å². The monoisotopic (exact) mass is 235 g/mol. The lowest BCUT2D eigenvalue weighted by Gasteiger charge is -2.37. The summed E-state index contributed by atoms with van der Waals surface area (Å²) >= 11 is 0. The summed E-state index contributed by atoms with van der Waals surface area (Å²) in [5, 5.41) is 14.1. The van der Waals surface area contributed by atoms with Gasteiger partial charge in [-0.3, -0.25) is 15.0 Å². The van der Waals surface area contributed by atoms with Crippen LogP contribution in [-0.4, -0.2) is 35.5 Å². The molecule has 1 heterocycles. The van der Waals surface area contributed by atoms with Crippen LogP contribution >= 0.6 is 0 Å². The van der Waals surface area contributed by atoms with Gasteiger partial charge in [-0.2, -0.15) is 0 Å². The van der Waals surface area contributed by atoms with Crippen LogP contribution in [0.15, 0.2) is 24.3 Å². The minimum atomic E-state index is -0.303. The molecule has 0 amide bonds. The SMILES string of the molecule is CCN(Cc1ccccc1[N+](=O)[O-])C1CNC1. The van der Waals surface area contributed by atoms with Gasteiger partial charge in [-0.25, -0.2) is 0 Å². The topological polar surface area (TPSA) is 58.4 Å². The van der Waals surface area contributed by atoms with Gasteiger partial charge in [0.25, 0.3) is 5.69 Å². The highest BCUT2D eigenvalue weighted by Gasteiger charge is 2.25. The van der Waals surface area contributed by atoms with E-state index in [0.29, 0.717) is 12.6 Å². The highest BCUT2D eigenvalue weighted by Crippen LogP contribution is 2.21. The first-order valence-corrected chi connectivity index (χ1v) is 5.89. The van der Waals surface area contributed by atoms with E-state index in [-0.39, 0.29) is 10.6 Å². The summed E-state index contributed by atoms with van der Waals surface area (Å²) in [7, 11) is 0. The first-order valence-electron chi connectivity index (χ1n) is 5.89. The van der Waals surface area contributed by atoms with Gasteiger partial charge in [-0.15, -0.1) is 0 Å². The quantitative estimate of drug-likeness (QED) is 0.619. The number of nitro groups is 1. The number of benzene rings is 1. The van der Waals surface area contributed by atoms with Crippen LogP contribution in [0.4, 0.5) is 5.69 Å². The number of hydrogen-bond donors (Lipinski definition) is 1. The summed E-state index contributed by atoms with van der Waals surface area (Å²) < 4.78 is 0. The Labute approximate surface area is 101 Å². The largest absolute Gasteiger partial charge is 0.314 e. The average molecular weight is 235 g/mol. The van der Waals surface area contributed by atoms with Gasteiger partial charge >= 0.3 is 0 Å². The summed E-state index contributed by atoms with van der Waals surface area (Å²) in [6.07, 6.45) is 0. The Morgan fingerprint density at radius 2 is 2.18 bits per heavy atom. The second kappa shape index (κ2) is 5.25. The van der Waals surface area contributed by atoms with Gasteiger partial charge in [0, 0.05) is 37.3 Å². The minimum absolute atomic E-state index is 0.221. The van der Waals surface area contributed by atoms with Crippen molar-refractivity contribution in [2.75, 3.05) is 19.6 Å². The molecule has 1 aromatic carbocycles. The van der Waals surface area contributed by atoms with Gasteiger partial charge in [0.15, 0.2) is 0 Å². The molecule has 1 saturated heterocycles. The van der Waals surface area contributed by atoms with Crippen molar-refractivity contribution in [1.82, 2.24) is 10.2 Å². The Morgan fingerprint density at radius 3 is 2.71 bits per heavy atom. The molecule has 17 heavy (non-hydrogen) atoms. The molecule has 1 aliphatic heterocycles. The molecule has 0 aromatic heterocycles. The van der Waals surface area contributed by atoms with E-state index in [1.165, 1.54) is 0 Å². The number of hydrogen-bond acceptors (Lipinski definition) is 4. The van der Waals surface area contributed by atoms with E-state index in [2.05, 4.69) is 17.1 Å². The third-order valence-corrected chi connectivity index (χ3v) is 3.24. The Bertz CT molecular complexity index is 404. The molecule has 1 aliphatic rings. The fourth-order valence-corrected chi connectivity index (χ4v) is 2.07. The van der Waals surface area contributed by atoms with Crippen LogP contribution in [0, 0.1) is 10.1 Å². The molecule has 1 fully saturated rings. The Morgan fingerprint density at radius 1 is 1.47 bits per heavy atom. The van der Waals surface area contributed by atoms with E-state index in [1.54, 1.807) is 12.1 Å². The molecule has 92 valence electrons. The zero-order valence-corrected chi connectivity index (χ0v) is 9.93. The summed E-state index contributed by atoms with van der Waals surface area (Å²) in [5.41, 5.74) is 1.02. The van der Waals surface area contributed by atoms with E-state index >= 15 is 0 Å². The third-order valence-electron chi connectivity index (χ3n) is 3.24. The second-order valence-corrected chi connectivity index (χ2v) is 4.26. The average Bonchev–Trinajstić information content (AvgIpc) is 2.26. The molecule has 0 unspecified atom stereocenters. The van der Waals surface area contributed by atoms with E-state index < -0.39 is 0 Å². The molecule has 1 N–H and O–H groups in total. The van der Waals surface area contributed by atoms with E-state index in [9.17, 15) is 10.1 Å². The second-order valence-electron chi connectivity index (χ2n) is 4.26. The van der Waals surface area contributed by atoms with Crippen molar-refractivity contribution in [1.29, 1.82) is 0 Å². The van der Waals surface area contributed by atoms with Crippen molar-refractivity contribution in [3.63, 3.8) is 0 Å². The molecule has 5 nitrogen and oxygen atoms in total. The summed E-state index contributed by atoms with van der Waals surface area (Å²) in [5.74, 6) is 0. The molecule has 1 aromatic rings. The Kier molecular flexibility index (Phi) is 3.71. The van der Waals surface area contributed by atoms with Crippen molar-refractivity contribution < 1.29 is 4.92 Å². The van der Waals surface area contributed by atoms with Crippen LogP contribution in [-0.2, 0) is 6.54 Å². The highest BCUT2D eigenvalue weighted by atomic mass is 16.6. The summed E-state index contributed by atoms with van der Waals surface area (Å²) in [6.45, 7) is 5.62. The number of nitrogens with zero attached hydrogens (tertiary/aromatic N) is 2. The van der Waals surface area contributed by atoms with Gasteiger partial charge in [-0.1, -0.05) is 25.1 Å². The standard InChI is InChI=1S/C12H17N3O2/c1-2-14(11-7-13-8-11)9-10-5-3-4-6-12(10)15(16)17/h3-6,11,13H,2,7-9H2,1H3. The van der Waals surface area contributed by atoms with Crippen molar-refractivity contribution in [2.24, 2.45) is 0 Å². The summed E-state index contributed by atoms with van der Waals surface area (Å²) in [6, 6.07) is 7.49. The number of likely N-dealkylation sites (N-methyl/N-ethyl adjacent to an activating group) is 1. The Hall–Kier alpha value is -1.46. The predicted octanol–water partition coefficient (Wildman–Crippen LogP) is 1.39. The maximum absolute atomic E-state index is 10.9. The number of nitro benzene ring substituents is 1. The molecule has 0 saturated carbocycles. The van der Waals surface area contributed by atoms with E-state index in [0.717, 1.165) is 25.2 Å². The minimum Gasteiger partial charge on any atom is -0.314 e. The number of nitrogens with one attached hydrogen (secondary N) is 1. The van der Waals surface area contributed by atoms with Gasteiger partial charge in [0.05, 0.1) is 4.92 Å². The molecule has 0 spiro atoms. The van der Waals surface area contributed by atoms with E-state index in [4.69, 9.17) is 0 Å². The van der Waals surface area contributed by atoms with Gasteiger partial charge in [0.2, 0.25) is 0 Å². The summed E-state index contributed by atoms with van der Waals surface area (Å²) in [4.78, 5) is 12.9. The van der Waals surface area contributed by atoms with Crippen LogP contribution in [0.1, 0.15) is 12.5 Å². The number of para-hydroxylation sites is 1. The molecule has 0 aliphatic carbocycles.